The normalized spacial score (nSPS) is 12.0. The van der Waals surface area contributed by atoms with Crippen LogP contribution in [0.4, 0.5) is 4.79 Å². The Morgan fingerprint density at radius 1 is 0.957 bits per heavy atom. The summed E-state index contributed by atoms with van der Waals surface area (Å²) in [4.78, 5) is 11.9. The molecule has 0 aliphatic rings. The molecule has 0 heterocycles. The zero-order chi connectivity index (χ0) is 17.1. The van der Waals surface area contributed by atoms with E-state index in [1.165, 1.54) is 12.1 Å². The number of hydrogen-bond acceptors (Lipinski definition) is 4. The Balaban J connectivity index is 2.13. The molecule has 0 unspecified atom stereocenters. The summed E-state index contributed by atoms with van der Waals surface area (Å²) in [5.41, 5.74) is 1.64. The molecule has 0 fully saturated rings. The number of carbonyl (C=O) groups excluding carboxylic acids is 1. The molecule has 0 bridgehead atoms. The molecule has 23 heavy (non-hydrogen) atoms. The van der Waals surface area contributed by atoms with E-state index >= 15 is 0 Å². The molecule has 2 aromatic rings. The van der Waals surface area contributed by atoms with Crippen LogP contribution >= 0.6 is 0 Å². The lowest BCUT2D eigenvalue weighted by molar-refractivity contribution is 0.166. The third kappa shape index (κ3) is 4.20. The van der Waals surface area contributed by atoms with E-state index in [2.05, 4.69) is 0 Å². The van der Waals surface area contributed by atoms with Crippen LogP contribution in [-0.2, 0) is 26.6 Å². The highest BCUT2D eigenvalue weighted by molar-refractivity contribution is 8.05. The Hall–Kier alpha value is -2.14. The molecule has 0 atom stereocenters. The first-order chi connectivity index (χ1) is 10.7. The van der Waals surface area contributed by atoms with E-state index in [0.29, 0.717) is 0 Å². The summed E-state index contributed by atoms with van der Waals surface area (Å²) in [5.74, 6) is 0. The summed E-state index contributed by atoms with van der Waals surface area (Å²) in [6, 6.07) is 15.3. The molecule has 0 spiro atoms. The van der Waals surface area contributed by atoms with Crippen LogP contribution in [0.5, 0.6) is 0 Å². The van der Waals surface area contributed by atoms with Crippen LogP contribution in [0.2, 0.25) is 0 Å². The van der Waals surface area contributed by atoms with Crippen molar-refractivity contribution in [3.05, 3.63) is 65.7 Å². The molecule has 0 saturated heterocycles. The molecule has 0 aliphatic carbocycles. The summed E-state index contributed by atoms with van der Waals surface area (Å²) in [7, 11) is -4.13. The summed E-state index contributed by atoms with van der Waals surface area (Å²) in [5, 5.41) is -1.23. The number of carbonyl (C=O) groups is 1. The van der Waals surface area contributed by atoms with Crippen LogP contribution in [0.25, 0.3) is 0 Å². The second kappa shape index (κ2) is 6.54. The lowest BCUT2D eigenvalue weighted by Crippen LogP contribution is -2.17. The second-order valence-electron chi connectivity index (χ2n) is 6.30. The van der Waals surface area contributed by atoms with Crippen molar-refractivity contribution >= 4 is 15.1 Å². The zero-order valence-corrected chi connectivity index (χ0v) is 14.3. The Bertz CT molecular complexity index is 770. The lowest BCUT2D eigenvalue weighted by Gasteiger charge is -2.19. The van der Waals surface area contributed by atoms with Gasteiger partial charge in [0.05, 0.1) is 4.90 Å². The fraction of sp³-hybridized carbons (Fsp3) is 0.278. The van der Waals surface area contributed by atoms with Gasteiger partial charge in [0.2, 0.25) is 0 Å². The maximum absolute atomic E-state index is 12.2. The van der Waals surface area contributed by atoms with Crippen molar-refractivity contribution in [2.24, 2.45) is 0 Å². The summed E-state index contributed by atoms with van der Waals surface area (Å²) < 4.78 is 29.4. The molecule has 0 N–H and O–H groups in total. The zero-order valence-electron chi connectivity index (χ0n) is 13.4. The van der Waals surface area contributed by atoms with E-state index in [1.807, 2.05) is 26.8 Å². The highest BCUT2D eigenvalue weighted by atomic mass is 32.2. The largest absolute Gasteiger partial charge is 0.449 e. The van der Waals surface area contributed by atoms with E-state index in [-0.39, 0.29) is 16.9 Å². The van der Waals surface area contributed by atoms with Crippen molar-refractivity contribution in [3.8, 4) is 0 Å². The molecule has 0 amide bonds. The maximum Gasteiger partial charge on any atom is 0.429 e. The topological polar surface area (TPSA) is 60.4 Å². The van der Waals surface area contributed by atoms with Gasteiger partial charge in [0.15, 0.2) is 0 Å². The first kappa shape index (κ1) is 17.2. The predicted octanol–water partition coefficient (Wildman–Crippen LogP) is 4.09. The van der Waals surface area contributed by atoms with Gasteiger partial charge in [0, 0.05) is 0 Å². The fourth-order valence-electron chi connectivity index (χ4n) is 2.02. The molecule has 4 nitrogen and oxygen atoms in total. The van der Waals surface area contributed by atoms with Gasteiger partial charge in [-0.2, -0.15) is 0 Å². The Kier molecular flexibility index (Phi) is 4.90. The Morgan fingerprint density at radius 3 is 2.04 bits per heavy atom. The van der Waals surface area contributed by atoms with Crippen LogP contribution in [-0.4, -0.2) is 13.7 Å². The Labute approximate surface area is 137 Å². The summed E-state index contributed by atoms with van der Waals surface area (Å²) in [6.45, 7) is 6.03. The third-order valence-corrected chi connectivity index (χ3v) is 4.90. The molecule has 0 radical (unpaired) electrons. The van der Waals surface area contributed by atoms with E-state index in [4.69, 9.17) is 4.74 Å². The first-order valence-corrected chi connectivity index (χ1v) is 8.76. The molecular formula is C18H20O4S. The standard InChI is InChI=1S/C18H20O4S/c1-18(2,3)15-9-11-16(12-10-15)23(20,21)17(19)22-13-14-7-5-4-6-8-14/h4-12H,13H2,1-3H3. The van der Waals surface area contributed by atoms with Crippen LogP contribution in [0.15, 0.2) is 59.5 Å². The summed E-state index contributed by atoms with van der Waals surface area (Å²) in [6.07, 6.45) is 0. The minimum atomic E-state index is -4.13. The SMILES string of the molecule is CC(C)(C)c1ccc(S(=O)(=O)C(=O)OCc2ccccc2)cc1. The molecular weight excluding hydrogens is 312 g/mol. The van der Waals surface area contributed by atoms with Crippen molar-refractivity contribution in [1.82, 2.24) is 0 Å². The van der Waals surface area contributed by atoms with Crippen LogP contribution in [0, 0.1) is 0 Å². The molecule has 122 valence electrons. The molecule has 2 aromatic carbocycles. The van der Waals surface area contributed by atoms with Crippen molar-refractivity contribution < 1.29 is 17.9 Å². The van der Waals surface area contributed by atoms with Crippen LogP contribution in [0.3, 0.4) is 0 Å². The van der Waals surface area contributed by atoms with Gasteiger partial charge in [0.25, 0.3) is 9.84 Å². The average Bonchev–Trinajstić information content (AvgIpc) is 2.52. The van der Waals surface area contributed by atoms with Gasteiger partial charge in [-0.3, -0.25) is 0 Å². The highest BCUT2D eigenvalue weighted by Gasteiger charge is 2.27. The van der Waals surface area contributed by atoms with Crippen molar-refractivity contribution in [3.63, 3.8) is 0 Å². The van der Waals surface area contributed by atoms with E-state index in [0.717, 1.165) is 11.1 Å². The van der Waals surface area contributed by atoms with Gasteiger partial charge in [-0.05, 0) is 28.7 Å². The molecule has 5 heteroatoms. The van der Waals surface area contributed by atoms with Crippen LogP contribution in [0.1, 0.15) is 31.9 Å². The third-order valence-electron chi connectivity index (χ3n) is 3.45. The number of rotatable bonds is 3. The average molecular weight is 332 g/mol. The lowest BCUT2D eigenvalue weighted by atomic mass is 9.87. The predicted molar refractivity (Wildman–Crippen MR) is 89.0 cm³/mol. The van der Waals surface area contributed by atoms with Gasteiger partial charge in [-0.1, -0.05) is 63.2 Å². The highest BCUT2D eigenvalue weighted by Crippen LogP contribution is 2.24. The van der Waals surface area contributed by atoms with Crippen molar-refractivity contribution in [1.29, 1.82) is 0 Å². The van der Waals surface area contributed by atoms with E-state index in [9.17, 15) is 13.2 Å². The summed E-state index contributed by atoms with van der Waals surface area (Å²) >= 11 is 0. The fourth-order valence-corrected chi connectivity index (χ4v) is 2.93. The maximum atomic E-state index is 12.2. The second-order valence-corrected chi connectivity index (χ2v) is 8.11. The Morgan fingerprint density at radius 2 is 1.52 bits per heavy atom. The van der Waals surface area contributed by atoms with Crippen LogP contribution < -0.4 is 0 Å². The molecule has 0 aliphatic heterocycles. The number of ether oxygens (including phenoxy) is 1. The van der Waals surface area contributed by atoms with Crippen molar-refractivity contribution in [2.75, 3.05) is 0 Å². The minimum Gasteiger partial charge on any atom is -0.449 e. The van der Waals surface area contributed by atoms with Gasteiger partial charge >= 0.3 is 5.30 Å². The van der Waals surface area contributed by atoms with Crippen molar-refractivity contribution in [2.45, 2.75) is 37.7 Å². The molecule has 2 rings (SSSR count). The van der Waals surface area contributed by atoms with Gasteiger partial charge in [-0.15, -0.1) is 0 Å². The number of sulfone groups is 1. The van der Waals surface area contributed by atoms with E-state index in [1.54, 1.807) is 36.4 Å². The number of hydrogen-bond donors (Lipinski definition) is 0. The minimum absolute atomic E-state index is 0.0523. The first-order valence-electron chi connectivity index (χ1n) is 7.27. The quantitative estimate of drug-likeness (QED) is 0.794. The van der Waals surface area contributed by atoms with E-state index < -0.39 is 15.1 Å². The number of benzene rings is 2. The van der Waals surface area contributed by atoms with Gasteiger partial charge < -0.3 is 4.74 Å². The monoisotopic (exact) mass is 332 g/mol. The molecule has 0 saturated carbocycles. The van der Waals surface area contributed by atoms with Gasteiger partial charge in [0.1, 0.15) is 6.61 Å². The van der Waals surface area contributed by atoms with Gasteiger partial charge in [-0.25, -0.2) is 13.2 Å². The smallest absolute Gasteiger partial charge is 0.429 e. The molecule has 0 aromatic heterocycles.